The van der Waals surface area contributed by atoms with Crippen LogP contribution >= 0.6 is 11.3 Å². The number of methoxy groups -OCH3 is 1. The van der Waals surface area contributed by atoms with Crippen molar-refractivity contribution in [2.45, 2.75) is 38.9 Å². The van der Waals surface area contributed by atoms with Gasteiger partial charge in [0.05, 0.1) is 23.2 Å². The van der Waals surface area contributed by atoms with Crippen molar-refractivity contribution >= 4 is 35.1 Å². The average Bonchev–Trinajstić information content (AvgIpc) is 3.12. The van der Waals surface area contributed by atoms with Crippen LogP contribution in [0.1, 0.15) is 48.6 Å². The topological polar surface area (TPSA) is 83.7 Å². The number of hydrogen-bond donors (Lipinski definition) is 1. The second kappa shape index (κ2) is 7.31. The van der Waals surface area contributed by atoms with Gasteiger partial charge in [-0.05, 0) is 33.3 Å². The zero-order chi connectivity index (χ0) is 20.7. The third-order valence-electron chi connectivity index (χ3n) is 5.01. The molecule has 6 nitrogen and oxygen atoms in total. The zero-order valence-electron chi connectivity index (χ0n) is 16.4. The van der Waals surface area contributed by atoms with Crippen LogP contribution in [0.3, 0.4) is 0 Å². The maximum absolute atomic E-state index is 15.8. The number of carbonyl (C=O) groups excluding carboxylic acids is 1. The van der Waals surface area contributed by atoms with Crippen LogP contribution in [0.15, 0.2) is 36.1 Å². The molecule has 1 aromatic heterocycles. The van der Waals surface area contributed by atoms with Crippen LogP contribution in [-0.2, 0) is 14.0 Å². The van der Waals surface area contributed by atoms with Gasteiger partial charge >= 0.3 is 13.1 Å². The zero-order valence-corrected chi connectivity index (χ0v) is 17.2. The summed E-state index contributed by atoms with van der Waals surface area (Å²) in [5.74, 6) is -0.696. The lowest BCUT2D eigenvalue weighted by Crippen LogP contribution is -2.41. The van der Waals surface area contributed by atoms with Crippen molar-refractivity contribution in [3.05, 3.63) is 52.2 Å². The summed E-state index contributed by atoms with van der Waals surface area (Å²) < 4.78 is 32.3. The molecule has 1 fully saturated rings. The van der Waals surface area contributed by atoms with Gasteiger partial charge in [0.2, 0.25) is 0 Å². The molecule has 0 saturated carbocycles. The molecule has 0 spiro atoms. The van der Waals surface area contributed by atoms with Crippen LogP contribution in [0.25, 0.3) is 5.57 Å². The van der Waals surface area contributed by atoms with Gasteiger partial charge in [-0.2, -0.15) is 0 Å². The first-order valence-electron chi connectivity index (χ1n) is 8.73. The largest absolute Gasteiger partial charge is 0.525 e. The lowest BCUT2D eigenvalue weighted by molar-refractivity contribution is 0.00578. The van der Waals surface area contributed by atoms with E-state index in [4.69, 9.17) is 19.8 Å². The summed E-state index contributed by atoms with van der Waals surface area (Å²) in [4.78, 5) is 16.5. The fourth-order valence-electron chi connectivity index (χ4n) is 2.79. The van der Waals surface area contributed by atoms with Crippen LogP contribution in [0.4, 0.5) is 9.52 Å². The average molecular weight is 404 g/mol. The molecule has 9 heteroatoms. The van der Waals surface area contributed by atoms with Crippen LogP contribution in [0.5, 0.6) is 0 Å². The Morgan fingerprint density at radius 3 is 2.29 bits per heavy atom. The van der Waals surface area contributed by atoms with Gasteiger partial charge in [0.25, 0.3) is 0 Å². The van der Waals surface area contributed by atoms with Crippen LogP contribution in [0, 0.1) is 0 Å². The van der Waals surface area contributed by atoms with Crippen LogP contribution in [0.2, 0.25) is 0 Å². The Hall–Kier alpha value is -2.23. The van der Waals surface area contributed by atoms with Gasteiger partial charge in [0.15, 0.2) is 10.8 Å². The summed E-state index contributed by atoms with van der Waals surface area (Å²) >= 11 is 1.00. The molecule has 1 aromatic carbocycles. The van der Waals surface area contributed by atoms with Gasteiger partial charge in [-0.3, -0.25) is 0 Å². The van der Waals surface area contributed by atoms with Gasteiger partial charge in [-0.1, -0.05) is 41.7 Å². The van der Waals surface area contributed by atoms with E-state index in [1.165, 1.54) is 7.11 Å². The van der Waals surface area contributed by atoms with E-state index in [9.17, 15) is 4.79 Å². The van der Waals surface area contributed by atoms with E-state index in [-0.39, 0.29) is 21.3 Å². The quantitative estimate of drug-likeness (QED) is 0.615. The standard InChI is InChI=1S/C19H22BFN2O4S/c1-18(2)19(3,4)27-20(26-18)15(21)12(11-9-7-6-8-10-11)14-13(16(24)25-5)23-17(22)28-14/h6-10H,1-5H3,(H2,22,23). The van der Waals surface area contributed by atoms with E-state index in [1.54, 1.807) is 24.3 Å². The molecule has 1 aliphatic rings. The predicted molar refractivity (Wildman–Crippen MR) is 108 cm³/mol. The number of rotatable bonds is 4. The molecule has 0 atom stereocenters. The monoisotopic (exact) mass is 404 g/mol. The Morgan fingerprint density at radius 2 is 1.75 bits per heavy atom. The number of benzene rings is 1. The molecule has 2 aromatic rings. The lowest BCUT2D eigenvalue weighted by Gasteiger charge is -2.32. The molecule has 0 bridgehead atoms. The van der Waals surface area contributed by atoms with Crippen molar-refractivity contribution < 1.29 is 23.2 Å². The molecule has 3 rings (SSSR count). The summed E-state index contributed by atoms with van der Waals surface area (Å²) in [7, 11) is 0.00652. The third kappa shape index (κ3) is 3.57. The van der Waals surface area contributed by atoms with Crippen molar-refractivity contribution in [3.63, 3.8) is 0 Å². The summed E-state index contributed by atoms with van der Waals surface area (Å²) in [6, 6.07) is 8.83. The third-order valence-corrected chi connectivity index (χ3v) is 5.91. The number of nitrogens with zero attached hydrogens (tertiary/aromatic N) is 1. The Labute approximate surface area is 167 Å². The summed E-state index contributed by atoms with van der Waals surface area (Å²) in [6.07, 6.45) is 0. The molecular formula is C19H22BFN2O4S. The second-order valence-electron chi connectivity index (χ2n) is 7.40. The molecule has 0 amide bonds. The smallest absolute Gasteiger partial charge is 0.464 e. The number of ether oxygens (including phenoxy) is 1. The first-order chi connectivity index (χ1) is 13.1. The first-order valence-corrected chi connectivity index (χ1v) is 9.55. The molecule has 28 heavy (non-hydrogen) atoms. The van der Waals surface area contributed by atoms with E-state index < -0.39 is 30.0 Å². The summed E-state index contributed by atoms with van der Waals surface area (Å²) in [5.41, 5.74) is 4.38. The van der Waals surface area contributed by atoms with E-state index in [0.717, 1.165) is 11.3 Å². The van der Waals surface area contributed by atoms with Gasteiger partial charge in [-0.25, -0.2) is 14.2 Å². The van der Waals surface area contributed by atoms with E-state index in [0.29, 0.717) is 5.56 Å². The summed E-state index contributed by atoms with van der Waals surface area (Å²) in [6.45, 7) is 7.36. The Morgan fingerprint density at radius 1 is 1.18 bits per heavy atom. The Balaban J connectivity index is 2.20. The van der Waals surface area contributed by atoms with Crippen LogP contribution in [-0.4, -0.2) is 36.4 Å². The normalized spacial score (nSPS) is 18.7. The number of nitrogen functional groups attached to an aromatic ring is 1. The van der Waals surface area contributed by atoms with Gasteiger partial charge in [0, 0.05) is 5.57 Å². The van der Waals surface area contributed by atoms with Gasteiger partial charge < -0.3 is 19.8 Å². The molecule has 0 aliphatic carbocycles. The highest BCUT2D eigenvalue weighted by atomic mass is 32.1. The molecule has 2 heterocycles. The van der Waals surface area contributed by atoms with Gasteiger partial charge in [0.1, 0.15) is 5.73 Å². The minimum absolute atomic E-state index is 0.0458. The molecule has 1 aliphatic heterocycles. The van der Waals surface area contributed by atoms with Crippen LogP contribution < -0.4 is 5.73 Å². The number of esters is 1. The highest BCUT2D eigenvalue weighted by molar-refractivity contribution is 7.16. The molecule has 0 unspecified atom stereocenters. The van der Waals surface area contributed by atoms with Crippen molar-refractivity contribution in [2.75, 3.05) is 12.8 Å². The number of carbonyl (C=O) groups is 1. The maximum atomic E-state index is 15.8. The summed E-state index contributed by atoms with van der Waals surface area (Å²) in [5, 5.41) is 0.130. The molecule has 2 N–H and O–H groups in total. The number of anilines is 1. The minimum atomic E-state index is -1.23. The van der Waals surface area contributed by atoms with Crippen molar-refractivity contribution in [3.8, 4) is 0 Å². The van der Waals surface area contributed by atoms with Crippen molar-refractivity contribution in [1.82, 2.24) is 4.98 Å². The first kappa shape index (κ1) is 20.5. The Kier molecular flexibility index (Phi) is 5.35. The van der Waals surface area contributed by atoms with Crippen molar-refractivity contribution in [2.24, 2.45) is 0 Å². The Bertz CT molecular complexity index is 911. The number of hydrogen-bond acceptors (Lipinski definition) is 7. The number of aromatic nitrogens is 1. The van der Waals surface area contributed by atoms with E-state index in [2.05, 4.69) is 4.98 Å². The minimum Gasteiger partial charge on any atom is -0.464 e. The second-order valence-corrected chi connectivity index (χ2v) is 8.43. The van der Waals surface area contributed by atoms with E-state index in [1.807, 2.05) is 33.8 Å². The molecule has 1 saturated heterocycles. The van der Waals surface area contributed by atoms with E-state index >= 15 is 4.39 Å². The SMILES string of the molecule is COC(=O)c1nc(N)sc1C(=C(F)B1OC(C)(C)C(C)(C)O1)c1ccccc1. The number of nitrogens with two attached hydrogens (primary N) is 1. The maximum Gasteiger partial charge on any atom is 0.525 e. The van der Waals surface area contributed by atoms with Gasteiger partial charge in [-0.15, -0.1) is 0 Å². The fourth-order valence-corrected chi connectivity index (χ4v) is 3.68. The lowest BCUT2D eigenvalue weighted by atomic mass is 9.82. The molecule has 0 radical (unpaired) electrons. The predicted octanol–water partition coefficient (Wildman–Crippen LogP) is 3.87. The number of halogens is 1. The highest BCUT2D eigenvalue weighted by Crippen LogP contribution is 2.43. The molecule has 148 valence electrons. The fraction of sp³-hybridized carbons (Fsp3) is 0.368. The van der Waals surface area contributed by atoms with Crippen molar-refractivity contribution in [1.29, 1.82) is 0 Å². The number of thiazole rings is 1. The highest BCUT2D eigenvalue weighted by Gasteiger charge is 2.54. The molecular weight excluding hydrogens is 382 g/mol.